The molecule has 0 radical (unpaired) electrons. The van der Waals surface area contributed by atoms with Crippen LogP contribution in [0.3, 0.4) is 0 Å². The minimum Gasteiger partial charge on any atom is -0.497 e. The number of benzene rings is 2. The number of ether oxygens (including phenoxy) is 3. The van der Waals surface area contributed by atoms with Crippen LogP contribution in [-0.2, 0) is 0 Å². The molecule has 2 aromatic rings. The summed E-state index contributed by atoms with van der Waals surface area (Å²) in [5.41, 5.74) is 1.58. The Morgan fingerprint density at radius 2 is 1.64 bits per heavy atom. The zero-order valence-electron chi connectivity index (χ0n) is 17.3. The summed E-state index contributed by atoms with van der Waals surface area (Å²) in [5.74, 6) is 1.75. The number of nitrogens with zero attached hydrogens (tertiary/aromatic N) is 1. The van der Waals surface area contributed by atoms with Gasteiger partial charge in [0.05, 0.1) is 32.9 Å². The summed E-state index contributed by atoms with van der Waals surface area (Å²) in [6, 6.07) is 13.2. The number of carbonyl (C=O) groups excluding carboxylic acids is 1. The van der Waals surface area contributed by atoms with E-state index >= 15 is 0 Å². The highest BCUT2D eigenvalue weighted by Crippen LogP contribution is 2.26. The fraction of sp³-hybridized carbons (Fsp3) is 0.409. The maximum absolute atomic E-state index is 12.8. The topological polar surface area (TPSA) is 60.0 Å². The molecule has 1 unspecified atom stereocenters. The number of hydrogen-bond donors (Lipinski definition) is 1. The van der Waals surface area contributed by atoms with Crippen LogP contribution in [-0.4, -0.2) is 51.8 Å². The summed E-state index contributed by atoms with van der Waals surface area (Å²) in [6.45, 7) is 6.46. The van der Waals surface area contributed by atoms with Crippen molar-refractivity contribution >= 4 is 5.91 Å². The summed E-state index contributed by atoms with van der Waals surface area (Å²) >= 11 is 0. The zero-order chi connectivity index (χ0) is 20.5. The SMILES string of the molecule is CCN(CC)C(CNC(=O)c1ccc(OC)cc1OC)c1cccc(OC)c1. The van der Waals surface area contributed by atoms with E-state index in [9.17, 15) is 4.79 Å². The van der Waals surface area contributed by atoms with Gasteiger partial charge in [-0.2, -0.15) is 0 Å². The molecule has 6 nitrogen and oxygen atoms in total. The highest BCUT2D eigenvalue weighted by Gasteiger charge is 2.21. The van der Waals surface area contributed by atoms with Crippen LogP contribution < -0.4 is 19.5 Å². The van der Waals surface area contributed by atoms with Gasteiger partial charge >= 0.3 is 0 Å². The zero-order valence-corrected chi connectivity index (χ0v) is 17.3. The molecule has 0 aliphatic heterocycles. The molecule has 0 aliphatic rings. The lowest BCUT2D eigenvalue weighted by atomic mass is 10.0. The molecule has 1 atom stereocenters. The van der Waals surface area contributed by atoms with Crippen LogP contribution in [0.5, 0.6) is 17.2 Å². The van der Waals surface area contributed by atoms with Gasteiger partial charge in [-0.3, -0.25) is 9.69 Å². The van der Waals surface area contributed by atoms with E-state index in [2.05, 4.69) is 30.1 Å². The maximum Gasteiger partial charge on any atom is 0.255 e. The molecule has 0 saturated carbocycles. The van der Waals surface area contributed by atoms with Crippen molar-refractivity contribution in [2.75, 3.05) is 41.0 Å². The molecule has 0 fully saturated rings. The average Bonchev–Trinajstić information content (AvgIpc) is 2.75. The van der Waals surface area contributed by atoms with Crippen LogP contribution in [0, 0.1) is 0 Å². The Hall–Kier alpha value is -2.73. The molecule has 28 heavy (non-hydrogen) atoms. The summed E-state index contributed by atoms with van der Waals surface area (Å²) in [6.07, 6.45) is 0. The second-order valence-corrected chi connectivity index (χ2v) is 6.29. The van der Waals surface area contributed by atoms with Crippen LogP contribution in [0.4, 0.5) is 0 Å². The first-order valence-electron chi connectivity index (χ1n) is 9.46. The lowest BCUT2D eigenvalue weighted by Gasteiger charge is -2.30. The predicted molar refractivity (Wildman–Crippen MR) is 111 cm³/mol. The van der Waals surface area contributed by atoms with Crippen molar-refractivity contribution in [2.24, 2.45) is 0 Å². The molecule has 0 aliphatic carbocycles. The molecule has 0 aromatic heterocycles. The van der Waals surface area contributed by atoms with Gasteiger partial charge in [-0.25, -0.2) is 0 Å². The third-order valence-corrected chi connectivity index (χ3v) is 4.84. The first-order chi connectivity index (χ1) is 13.6. The largest absolute Gasteiger partial charge is 0.497 e. The van der Waals surface area contributed by atoms with Gasteiger partial charge in [0.2, 0.25) is 0 Å². The van der Waals surface area contributed by atoms with E-state index < -0.39 is 0 Å². The molecule has 0 bridgehead atoms. The highest BCUT2D eigenvalue weighted by molar-refractivity contribution is 5.97. The minimum atomic E-state index is -0.181. The summed E-state index contributed by atoms with van der Waals surface area (Å²) in [4.78, 5) is 15.1. The second-order valence-electron chi connectivity index (χ2n) is 6.29. The van der Waals surface area contributed by atoms with Crippen molar-refractivity contribution in [1.82, 2.24) is 10.2 Å². The normalized spacial score (nSPS) is 11.8. The molecule has 0 heterocycles. The van der Waals surface area contributed by atoms with Crippen LogP contribution in [0.15, 0.2) is 42.5 Å². The number of amides is 1. The highest BCUT2D eigenvalue weighted by atomic mass is 16.5. The molecule has 2 aromatic carbocycles. The molecular formula is C22H30N2O4. The van der Waals surface area contributed by atoms with E-state index in [1.54, 1.807) is 39.5 Å². The van der Waals surface area contributed by atoms with Gasteiger partial charge in [-0.1, -0.05) is 26.0 Å². The van der Waals surface area contributed by atoms with E-state index in [1.165, 1.54) is 0 Å². The Kier molecular flexibility index (Phi) is 8.14. The second kappa shape index (κ2) is 10.6. The molecule has 1 N–H and O–H groups in total. The molecule has 0 saturated heterocycles. The van der Waals surface area contributed by atoms with Crippen LogP contribution >= 0.6 is 0 Å². The first-order valence-corrected chi connectivity index (χ1v) is 9.46. The Morgan fingerprint density at radius 1 is 0.964 bits per heavy atom. The van der Waals surface area contributed by atoms with E-state index in [0.717, 1.165) is 24.4 Å². The van der Waals surface area contributed by atoms with E-state index in [0.29, 0.717) is 23.6 Å². The number of methoxy groups -OCH3 is 3. The minimum absolute atomic E-state index is 0.0401. The van der Waals surface area contributed by atoms with Gasteiger partial charge in [0.15, 0.2) is 0 Å². The Morgan fingerprint density at radius 3 is 2.25 bits per heavy atom. The molecule has 0 spiro atoms. The monoisotopic (exact) mass is 386 g/mol. The van der Waals surface area contributed by atoms with Crippen molar-refractivity contribution in [3.8, 4) is 17.2 Å². The Bertz CT molecular complexity index is 775. The summed E-state index contributed by atoms with van der Waals surface area (Å²) in [5, 5.41) is 3.05. The van der Waals surface area contributed by atoms with E-state index in [-0.39, 0.29) is 11.9 Å². The Labute approximate surface area is 167 Å². The first kappa shape index (κ1) is 21.6. The number of carbonyl (C=O) groups is 1. The van der Waals surface area contributed by atoms with Gasteiger partial charge in [-0.15, -0.1) is 0 Å². The van der Waals surface area contributed by atoms with Crippen molar-refractivity contribution in [3.05, 3.63) is 53.6 Å². The fourth-order valence-corrected chi connectivity index (χ4v) is 3.24. The van der Waals surface area contributed by atoms with E-state index in [1.807, 2.05) is 18.2 Å². The number of hydrogen-bond acceptors (Lipinski definition) is 5. The van der Waals surface area contributed by atoms with Crippen molar-refractivity contribution in [2.45, 2.75) is 19.9 Å². The third kappa shape index (κ3) is 5.16. The van der Waals surface area contributed by atoms with Crippen LogP contribution in [0.1, 0.15) is 35.8 Å². The van der Waals surface area contributed by atoms with Gasteiger partial charge in [0.1, 0.15) is 17.2 Å². The molecule has 6 heteroatoms. The van der Waals surface area contributed by atoms with Crippen LogP contribution in [0.2, 0.25) is 0 Å². The number of rotatable bonds is 10. The maximum atomic E-state index is 12.8. The van der Waals surface area contributed by atoms with Gasteiger partial charge in [0, 0.05) is 12.6 Å². The molecule has 2 rings (SSSR count). The fourth-order valence-electron chi connectivity index (χ4n) is 3.24. The third-order valence-electron chi connectivity index (χ3n) is 4.84. The van der Waals surface area contributed by atoms with Crippen LogP contribution in [0.25, 0.3) is 0 Å². The summed E-state index contributed by atoms with van der Waals surface area (Å²) < 4.78 is 15.9. The van der Waals surface area contributed by atoms with Gasteiger partial charge in [0.25, 0.3) is 5.91 Å². The van der Waals surface area contributed by atoms with Crippen molar-refractivity contribution in [1.29, 1.82) is 0 Å². The number of likely N-dealkylation sites (N-methyl/N-ethyl adjacent to an activating group) is 1. The lowest BCUT2D eigenvalue weighted by molar-refractivity contribution is 0.0932. The predicted octanol–water partition coefficient (Wildman–Crippen LogP) is 3.53. The van der Waals surface area contributed by atoms with Crippen molar-refractivity contribution < 1.29 is 19.0 Å². The smallest absolute Gasteiger partial charge is 0.255 e. The van der Waals surface area contributed by atoms with Gasteiger partial charge in [-0.05, 0) is 42.9 Å². The number of nitrogens with one attached hydrogen (secondary N) is 1. The lowest BCUT2D eigenvalue weighted by Crippen LogP contribution is -2.38. The van der Waals surface area contributed by atoms with E-state index in [4.69, 9.17) is 14.2 Å². The molecule has 1 amide bonds. The average molecular weight is 386 g/mol. The molecular weight excluding hydrogens is 356 g/mol. The quantitative estimate of drug-likeness (QED) is 0.677. The van der Waals surface area contributed by atoms with Crippen molar-refractivity contribution in [3.63, 3.8) is 0 Å². The standard InChI is InChI=1S/C22H30N2O4/c1-6-24(7-2)20(16-9-8-10-17(13-16)26-3)15-23-22(25)19-12-11-18(27-4)14-21(19)28-5/h8-14,20H,6-7,15H2,1-5H3,(H,23,25). The molecule has 152 valence electrons. The summed E-state index contributed by atoms with van der Waals surface area (Å²) in [7, 11) is 4.78. The van der Waals surface area contributed by atoms with Gasteiger partial charge < -0.3 is 19.5 Å². The Balaban J connectivity index is 2.22.